The van der Waals surface area contributed by atoms with Crippen LogP contribution in [0.2, 0.25) is 0 Å². The molecule has 0 bridgehead atoms. The fourth-order valence-electron chi connectivity index (χ4n) is 4.46. The van der Waals surface area contributed by atoms with Gasteiger partial charge in [0, 0.05) is 52.2 Å². The highest BCUT2D eigenvalue weighted by atomic mass is 16.5. The Balaban J connectivity index is 1.37. The number of ether oxygens (including phenoxy) is 1. The molecule has 2 aliphatic heterocycles. The summed E-state index contributed by atoms with van der Waals surface area (Å²) in [5.74, 6) is 0.725. The Morgan fingerprint density at radius 3 is 2.62 bits per heavy atom. The van der Waals surface area contributed by atoms with E-state index >= 15 is 0 Å². The Kier molecular flexibility index (Phi) is 7.64. The summed E-state index contributed by atoms with van der Waals surface area (Å²) in [6.07, 6.45) is -0.0115. The van der Waals surface area contributed by atoms with Crippen LogP contribution < -0.4 is 20.3 Å². The van der Waals surface area contributed by atoms with E-state index in [0.29, 0.717) is 57.1 Å². The zero-order chi connectivity index (χ0) is 24.1. The van der Waals surface area contributed by atoms with Gasteiger partial charge in [0.2, 0.25) is 11.8 Å². The number of anilines is 1. The van der Waals surface area contributed by atoms with Gasteiger partial charge in [-0.15, -0.1) is 0 Å². The molecule has 2 aromatic rings. The van der Waals surface area contributed by atoms with Crippen LogP contribution in [-0.4, -0.2) is 78.3 Å². The first kappa shape index (κ1) is 24.0. The number of benzene rings is 1. The SMILES string of the molecule is CCOc1nc(N2CCN(C(C)=O)CC2)ccc1C(=O)NCC(O)[C@@H]1Cc2ccccc2CN1. The summed E-state index contributed by atoms with van der Waals surface area (Å²) in [6, 6.07) is 11.6. The quantitative estimate of drug-likeness (QED) is 0.557. The number of nitrogens with zero attached hydrogens (tertiary/aromatic N) is 3. The molecular weight excluding hydrogens is 434 g/mol. The summed E-state index contributed by atoms with van der Waals surface area (Å²) in [5, 5.41) is 16.9. The topological polar surface area (TPSA) is 107 Å². The highest BCUT2D eigenvalue weighted by molar-refractivity contribution is 5.96. The maximum Gasteiger partial charge on any atom is 0.256 e. The van der Waals surface area contributed by atoms with Gasteiger partial charge in [-0.3, -0.25) is 9.59 Å². The van der Waals surface area contributed by atoms with Crippen LogP contribution in [0.5, 0.6) is 5.88 Å². The molecule has 182 valence electrons. The molecule has 3 N–H and O–H groups in total. The highest BCUT2D eigenvalue weighted by Crippen LogP contribution is 2.23. The molecule has 0 aliphatic carbocycles. The van der Waals surface area contributed by atoms with Gasteiger partial charge >= 0.3 is 0 Å². The van der Waals surface area contributed by atoms with Gasteiger partial charge in [-0.05, 0) is 36.6 Å². The number of rotatable bonds is 7. The molecule has 2 aliphatic rings. The lowest BCUT2D eigenvalue weighted by Crippen LogP contribution is -2.49. The molecule has 2 atom stereocenters. The minimum atomic E-state index is -0.724. The standard InChI is InChI=1S/C25H33N5O4/c1-3-34-25-20(8-9-23(28-25)30-12-10-29(11-13-30)17(2)31)24(33)27-16-22(32)21-14-18-6-4-5-7-19(18)15-26-21/h4-9,21-22,26,32H,3,10-16H2,1-2H3,(H,27,33)/t21-,22?/m0/s1. The number of aromatic nitrogens is 1. The van der Waals surface area contributed by atoms with E-state index in [9.17, 15) is 14.7 Å². The summed E-state index contributed by atoms with van der Waals surface area (Å²) in [4.78, 5) is 33.0. The summed E-state index contributed by atoms with van der Waals surface area (Å²) in [7, 11) is 0. The van der Waals surface area contributed by atoms with Crippen molar-refractivity contribution in [2.75, 3.05) is 44.2 Å². The first-order chi connectivity index (χ1) is 16.5. The number of aliphatic hydroxyl groups is 1. The predicted molar refractivity (Wildman–Crippen MR) is 129 cm³/mol. The Morgan fingerprint density at radius 1 is 1.18 bits per heavy atom. The van der Waals surface area contributed by atoms with E-state index in [1.54, 1.807) is 19.1 Å². The largest absolute Gasteiger partial charge is 0.477 e. The van der Waals surface area contributed by atoms with Crippen molar-refractivity contribution in [1.29, 1.82) is 0 Å². The molecule has 9 nitrogen and oxygen atoms in total. The summed E-state index contributed by atoms with van der Waals surface area (Å²) >= 11 is 0. The molecule has 2 amide bonds. The number of amides is 2. The van der Waals surface area contributed by atoms with Crippen molar-refractivity contribution in [3.05, 3.63) is 53.1 Å². The molecule has 1 aromatic carbocycles. The van der Waals surface area contributed by atoms with Crippen LogP contribution in [-0.2, 0) is 17.8 Å². The van der Waals surface area contributed by atoms with Gasteiger partial charge in [0.05, 0.1) is 12.7 Å². The van der Waals surface area contributed by atoms with E-state index in [0.717, 1.165) is 0 Å². The number of nitrogens with one attached hydrogen (secondary N) is 2. The second kappa shape index (κ2) is 10.8. The van der Waals surface area contributed by atoms with E-state index in [4.69, 9.17) is 4.74 Å². The number of carbonyl (C=O) groups excluding carboxylic acids is 2. The third-order valence-corrected chi connectivity index (χ3v) is 6.47. The number of fused-ring (bicyclic) bond motifs is 1. The van der Waals surface area contributed by atoms with Crippen LogP contribution in [0, 0.1) is 0 Å². The number of carbonyl (C=O) groups is 2. The minimum Gasteiger partial charge on any atom is -0.477 e. The molecule has 34 heavy (non-hydrogen) atoms. The third-order valence-electron chi connectivity index (χ3n) is 6.47. The van der Waals surface area contributed by atoms with E-state index < -0.39 is 6.10 Å². The Hall–Kier alpha value is -3.17. The lowest BCUT2D eigenvalue weighted by atomic mass is 9.93. The lowest BCUT2D eigenvalue weighted by molar-refractivity contribution is -0.129. The number of hydrogen-bond donors (Lipinski definition) is 3. The average Bonchev–Trinajstić information content (AvgIpc) is 2.87. The van der Waals surface area contributed by atoms with Crippen LogP contribution in [0.3, 0.4) is 0 Å². The Labute approximate surface area is 200 Å². The molecular formula is C25H33N5O4. The van der Waals surface area contributed by atoms with Crippen LogP contribution in [0.25, 0.3) is 0 Å². The summed E-state index contributed by atoms with van der Waals surface area (Å²) in [5.41, 5.74) is 2.80. The van der Waals surface area contributed by atoms with Gasteiger partial charge in [-0.2, -0.15) is 4.98 Å². The van der Waals surface area contributed by atoms with Crippen molar-refractivity contribution < 1.29 is 19.4 Å². The van der Waals surface area contributed by atoms with Gasteiger partial charge in [0.1, 0.15) is 11.4 Å². The van der Waals surface area contributed by atoms with Crippen molar-refractivity contribution >= 4 is 17.6 Å². The minimum absolute atomic E-state index is 0.0736. The van der Waals surface area contributed by atoms with Gasteiger partial charge in [0.15, 0.2) is 0 Å². The monoisotopic (exact) mass is 467 g/mol. The smallest absolute Gasteiger partial charge is 0.256 e. The molecule has 1 fully saturated rings. The molecule has 1 saturated heterocycles. The molecule has 4 rings (SSSR count). The van der Waals surface area contributed by atoms with Crippen molar-refractivity contribution in [3.8, 4) is 5.88 Å². The van der Waals surface area contributed by atoms with E-state index in [1.165, 1.54) is 11.1 Å². The maximum atomic E-state index is 12.9. The van der Waals surface area contributed by atoms with Crippen molar-refractivity contribution in [2.45, 2.75) is 39.0 Å². The Bertz CT molecular complexity index is 1020. The fourth-order valence-corrected chi connectivity index (χ4v) is 4.46. The first-order valence-electron chi connectivity index (χ1n) is 11.9. The second-order valence-corrected chi connectivity index (χ2v) is 8.69. The van der Waals surface area contributed by atoms with Crippen LogP contribution in [0.1, 0.15) is 35.3 Å². The number of aliphatic hydroxyl groups excluding tert-OH is 1. The van der Waals surface area contributed by atoms with Crippen LogP contribution in [0.15, 0.2) is 36.4 Å². The molecule has 3 heterocycles. The predicted octanol–water partition coefficient (Wildman–Crippen LogP) is 0.954. The highest BCUT2D eigenvalue weighted by Gasteiger charge is 2.26. The fraction of sp³-hybridized carbons (Fsp3) is 0.480. The van der Waals surface area contributed by atoms with Crippen LogP contribution >= 0.6 is 0 Å². The third kappa shape index (κ3) is 5.48. The van der Waals surface area contributed by atoms with Crippen molar-refractivity contribution in [2.24, 2.45) is 0 Å². The first-order valence-corrected chi connectivity index (χ1v) is 11.9. The zero-order valence-corrected chi connectivity index (χ0v) is 19.8. The number of hydrogen-bond acceptors (Lipinski definition) is 7. The number of pyridine rings is 1. The summed E-state index contributed by atoms with van der Waals surface area (Å²) in [6.45, 7) is 7.25. The van der Waals surface area contributed by atoms with Crippen molar-refractivity contribution in [3.63, 3.8) is 0 Å². The zero-order valence-electron chi connectivity index (χ0n) is 19.8. The van der Waals surface area contributed by atoms with Gasteiger partial charge < -0.3 is 30.3 Å². The average molecular weight is 468 g/mol. The molecule has 9 heteroatoms. The molecule has 1 unspecified atom stereocenters. The molecule has 0 radical (unpaired) electrons. The summed E-state index contributed by atoms with van der Waals surface area (Å²) < 4.78 is 5.67. The molecule has 0 saturated carbocycles. The van der Waals surface area contributed by atoms with Gasteiger partial charge in [-0.1, -0.05) is 24.3 Å². The Morgan fingerprint density at radius 2 is 1.91 bits per heavy atom. The maximum absolute atomic E-state index is 12.9. The molecule has 1 aromatic heterocycles. The van der Waals surface area contributed by atoms with E-state index in [-0.39, 0.29) is 30.3 Å². The van der Waals surface area contributed by atoms with Crippen molar-refractivity contribution in [1.82, 2.24) is 20.5 Å². The molecule has 0 spiro atoms. The lowest BCUT2D eigenvalue weighted by Gasteiger charge is -2.35. The van der Waals surface area contributed by atoms with Gasteiger partial charge in [0.25, 0.3) is 5.91 Å². The van der Waals surface area contributed by atoms with E-state index in [2.05, 4.69) is 32.7 Å². The van der Waals surface area contributed by atoms with E-state index in [1.807, 2.05) is 24.0 Å². The van der Waals surface area contributed by atoms with Gasteiger partial charge in [-0.25, -0.2) is 0 Å². The number of piperazine rings is 1. The second-order valence-electron chi connectivity index (χ2n) is 8.69. The van der Waals surface area contributed by atoms with Crippen LogP contribution in [0.4, 0.5) is 5.82 Å². The normalized spacial score (nSPS) is 18.7.